The van der Waals surface area contributed by atoms with Gasteiger partial charge in [0.25, 0.3) is 0 Å². The number of fused-ring (bicyclic) bond motifs is 3. The van der Waals surface area contributed by atoms with Crippen molar-refractivity contribution in [2.24, 2.45) is 5.92 Å². The van der Waals surface area contributed by atoms with Crippen molar-refractivity contribution in [2.45, 2.75) is 49.5 Å². The predicted octanol–water partition coefficient (Wildman–Crippen LogP) is 7.43. The van der Waals surface area contributed by atoms with Gasteiger partial charge in [-0.25, -0.2) is 14.2 Å². The number of amides is 1. The number of hydrogen-bond acceptors (Lipinski definition) is 5. The van der Waals surface area contributed by atoms with Crippen LogP contribution in [0.1, 0.15) is 58.9 Å². The van der Waals surface area contributed by atoms with E-state index in [1.807, 2.05) is 6.92 Å². The zero-order valence-electron chi connectivity index (χ0n) is 23.4. The molecule has 0 radical (unpaired) electrons. The monoisotopic (exact) mass is 662 g/mol. The lowest BCUT2D eigenvalue weighted by Crippen LogP contribution is -2.52. The van der Waals surface area contributed by atoms with Crippen LogP contribution >= 0.6 is 23.2 Å². The van der Waals surface area contributed by atoms with Gasteiger partial charge in [-0.2, -0.15) is 0 Å². The Labute approximate surface area is 263 Å². The first-order valence-electron chi connectivity index (χ1n) is 14.1. The zero-order chi connectivity index (χ0) is 32.0. The number of anilines is 1. The lowest BCUT2D eigenvalue weighted by Gasteiger charge is -2.39. The minimum absolute atomic E-state index is 0.0622. The molecule has 1 amide bonds. The third-order valence-electron chi connectivity index (χ3n) is 9.10. The highest BCUT2D eigenvalue weighted by Crippen LogP contribution is 2.63. The molecule has 1 spiro atoms. The van der Waals surface area contributed by atoms with Crippen LogP contribution in [-0.4, -0.2) is 50.8 Å². The number of nitrogens with one attached hydrogen (secondary N) is 2. The van der Waals surface area contributed by atoms with Crippen LogP contribution in [0.25, 0.3) is 11.0 Å². The molecule has 2 fully saturated rings. The van der Waals surface area contributed by atoms with Crippen LogP contribution in [0.3, 0.4) is 0 Å². The summed E-state index contributed by atoms with van der Waals surface area (Å²) in [4.78, 5) is 36.0. The van der Waals surface area contributed by atoms with Crippen molar-refractivity contribution in [1.29, 1.82) is 0 Å². The van der Waals surface area contributed by atoms with Crippen molar-refractivity contribution in [3.8, 4) is 5.75 Å². The Kier molecular flexibility index (Phi) is 6.84. The summed E-state index contributed by atoms with van der Waals surface area (Å²) in [7, 11) is 0. The van der Waals surface area contributed by atoms with Crippen molar-refractivity contribution in [3.05, 3.63) is 86.9 Å². The number of carbonyl (C=O) groups excluding carboxylic acids is 1. The highest BCUT2D eigenvalue weighted by Gasteiger charge is 2.67. The molecule has 4 aromatic rings. The first-order chi connectivity index (χ1) is 21.3. The Hall–Kier alpha value is -3.87. The molecule has 7 rings (SSSR count). The fourth-order valence-electron chi connectivity index (χ4n) is 7.16. The molecule has 3 heterocycles. The number of carboxylic acid groups (broad SMARTS) is 1. The van der Waals surface area contributed by atoms with E-state index in [1.54, 1.807) is 30.3 Å². The quantitative estimate of drug-likeness (QED) is 0.185. The number of carboxylic acids is 1. The van der Waals surface area contributed by atoms with E-state index in [2.05, 4.69) is 24.9 Å². The number of ether oxygens (including phenoxy) is 1. The summed E-state index contributed by atoms with van der Waals surface area (Å²) in [6.07, 6.45) is -3.22. The van der Waals surface area contributed by atoms with Gasteiger partial charge in [-0.3, -0.25) is 9.69 Å². The van der Waals surface area contributed by atoms with Gasteiger partial charge >= 0.3 is 12.3 Å². The number of aromatic carboxylic acids is 1. The first-order valence-corrected chi connectivity index (χ1v) is 14.9. The van der Waals surface area contributed by atoms with Gasteiger partial charge in [-0.1, -0.05) is 41.4 Å². The summed E-state index contributed by atoms with van der Waals surface area (Å²) in [6.45, 7) is 2.41. The number of rotatable bonds is 6. The van der Waals surface area contributed by atoms with Crippen LogP contribution < -0.4 is 10.1 Å². The Morgan fingerprint density at radius 3 is 2.62 bits per heavy atom. The number of hydrogen-bond donors (Lipinski definition) is 3. The number of aromatic nitrogens is 2. The van der Waals surface area contributed by atoms with Crippen molar-refractivity contribution < 1.29 is 37.0 Å². The van der Waals surface area contributed by atoms with Gasteiger partial charge in [0.05, 0.1) is 16.1 Å². The summed E-state index contributed by atoms with van der Waals surface area (Å²) >= 11 is 12.6. The molecule has 4 atom stereocenters. The highest BCUT2D eigenvalue weighted by atomic mass is 35.5. The van der Waals surface area contributed by atoms with Crippen LogP contribution in [0.5, 0.6) is 5.75 Å². The number of nitrogens with zero attached hydrogens (tertiary/aromatic N) is 2. The molecule has 1 saturated carbocycles. The Balaban J connectivity index is 1.48. The highest BCUT2D eigenvalue weighted by molar-refractivity contribution is 6.31. The molecule has 3 N–H and O–H groups in total. The Bertz CT molecular complexity index is 1900. The van der Waals surface area contributed by atoms with E-state index < -0.39 is 52.9 Å². The molecule has 3 aliphatic rings. The summed E-state index contributed by atoms with van der Waals surface area (Å²) in [5, 5.41) is 12.8. The summed E-state index contributed by atoms with van der Waals surface area (Å²) in [5.74, 6) is -4.79. The maximum Gasteiger partial charge on any atom is 0.573 e. The van der Waals surface area contributed by atoms with E-state index >= 15 is 4.39 Å². The van der Waals surface area contributed by atoms with Crippen LogP contribution in [0.4, 0.5) is 23.2 Å². The van der Waals surface area contributed by atoms with E-state index in [0.717, 1.165) is 25.0 Å². The average Bonchev–Trinajstić information content (AvgIpc) is 3.54. The number of aromatic amines is 1. The Morgan fingerprint density at radius 2 is 1.93 bits per heavy atom. The summed E-state index contributed by atoms with van der Waals surface area (Å²) < 4.78 is 59.6. The normalized spacial score (nSPS) is 24.8. The minimum atomic E-state index is -5.14. The van der Waals surface area contributed by atoms with Gasteiger partial charge < -0.3 is 20.1 Å². The minimum Gasteiger partial charge on any atom is -0.478 e. The fraction of sp³-hybridized carbons (Fsp3) is 0.323. The number of likely N-dealkylation sites (tertiary alicyclic amines) is 1. The number of carbonyl (C=O) groups is 2. The number of halogens is 6. The van der Waals surface area contributed by atoms with Crippen LogP contribution in [0.15, 0.2) is 48.5 Å². The summed E-state index contributed by atoms with van der Waals surface area (Å²) in [6, 6.07) is 11.1. The fourth-order valence-corrected chi connectivity index (χ4v) is 7.52. The van der Waals surface area contributed by atoms with Gasteiger partial charge in [0.1, 0.15) is 28.5 Å². The SMILES string of the molecule is C[C@H]1[C@@H](c2nc3cc(C(=O)O)c(OC(F)(F)F)cc3[nH]2)[C@H](c2cccc(Cl)c2F)[C@]2(C(=O)Nc3cc(Cl)ccc32)N1CC1CC1. The molecule has 1 aliphatic carbocycles. The largest absolute Gasteiger partial charge is 0.573 e. The van der Waals surface area contributed by atoms with Crippen molar-refractivity contribution in [1.82, 2.24) is 14.9 Å². The van der Waals surface area contributed by atoms with E-state index in [-0.39, 0.29) is 33.4 Å². The van der Waals surface area contributed by atoms with Crippen LogP contribution in [0, 0.1) is 11.7 Å². The molecule has 8 nitrogen and oxygen atoms in total. The van der Waals surface area contributed by atoms with Gasteiger partial charge in [-0.05, 0) is 55.5 Å². The molecule has 3 aromatic carbocycles. The molecular formula is C31H24Cl2F4N4O4. The maximum atomic E-state index is 16.1. The summed E-state index contributed by atoms with van der Waals surface area (Å²) in [5.41, 5.74) is -0.796. The second-order valence-electron chi connectivity index (χ2n) is 11.7. The molecule has 45 heavy (non-hydrogen) atoms. The third-order valence-corrected chi connectivity index (χ3v) is 9.63. The zero-order valence-corrected chi connectivity index (χ0v) is 24.9. The lowest BCUT2D eigenvalue weighted by molar-refractivity contribution is -0.274. The smallest absolute Gasteiger partial charge is 0.478 e. The van der Waals surface area contributed by atoms with Crippen LogP contribution in [-0.2, 0) is 10.3 Å². The predicted molar refractivity (Wildman–Crippen MR) is 157 cm³/mol. The molecule has 14 heteroatoms. The molecule has 2 aliphatic heterocycles. The lowest BCUT2D eigenvalue weighted by atomic mass is 9.71. The molecular weight excluding hydrogens is 639 g/mol. The standard InChI is InChI=1S/C31H24Cl2F4N4O4/c1-13-24(27-38-21-10-17(28(42)43)23(11-22(21)39-27)45-31(35,36)37)25(16-3-2-4-19(33)26(16)34)30(41(13)12-14-5-6-14)18-8-7-15(32)9-20(18)40-29(30)44/h2-4,7-11,13-14,24-25H,5-6,12H2,1H3,(H,38,39)(H,40,44)(H,42,43)/t13-,24+,25-,30+/m0/s1. The molecule has 1 saturated heterocycles. The van der Waals surface area contributed by atoms with Crippen molar-refractivity contribution >= 4 is 51.8 Å². The Morgan fingerprint density at radius 1 is 1.18 bits per heavy atom. The second kappa shape index (κ2) is 10.3. The number of H-pyrrole nitrogens is 1. The van der Waals surface area contributed by atoms with Gasteiger partial charge in [-0.15, -0.1) is 13.2 Å². The average molecular weight is 663 g/mol. The molecule has 0 bridgehead atoms. The van der Waals surface area contributed by atoms with Crippen LogP contribution in [0.2, 0.25) is 10.0 Å². The third kappa shape index (κ3) is 4.72. The first kappa shape index (κ1) is 29.8. The van der Waals surface area contributed by atoms with Crippen molar-refractivity contribution in [3.63, 3.8) is 0 Å². The molecule has 234 valence electrons. The van der Waals surface area contributed by atoms with E-state index in [0.29, 0.717) is 28.7 Å². The molecule has 1 aromatic heterocycles. The molecule has 0 unspecified atom stereocenters. The second-order valence-corrected chi connectivity index (χ2v) is 12.6. The maximum absolute atomic E-state index is 16.1. The van der Waals surface area contributed by atoms with Crippen molar-refractivity contribution in [2.75, 3.05) is 11.9 Å². The van der Waals surface area contributed by atoms with Gasteiger partial charge in [0, 0.05) is 46.8 Å². The number of alkyl halides is 3. The van der Waals surface area contributed by atoms with E-state index in [1.165, 1.54) is 6.07 Å². The van der Waals surface area contributed by atoms with Gasteiger partial charge in [0.15, 0.2) is 0 Å². The number of benzene rings is 3. The van der Waals surface area contributed by atoms with E-state index in [9.17, 15) is 27.9 Å². The number of imidazole rings is 1. The van der Waals surface area contributed by atoms with E-state index in [4.69, 9.17) is 23.2 Å². The topological polar surface area (TPSA) is 108 Å². The van der Waals surface area contributed by atoms with Gasteiger partial charge in [0.2, 0.25) is 5.91 Å².